The first-order chi connectivity index (χ1) is 11.0. The molecular formula is C17H23N3O3. The molecular weight excluding hydrogens is 294 g/mol. The molecule has 124 valence electrons. The summed E-state index contributed by atoms with van der Waals surface area (Å²) < 4.78 is 6.74. The SMILES string of the molecule is CCC(C)C(O)CNC(=O)c1ccn(-c2ccc(OC)cc2)n1. The van der Waals surface area contributed by atoms with Crippen LogP contribution in [0.15, 0.2) is 36.5 Å². The molecule has 6 nitrogen and oxygen atoms in total. The van der Waals surface area contributed by atoms with Crippen molar-refractivity contribution in [3.8, 4) is 11.4 Å². The van der Waals surface area contributed by atoms with Crippen LogP contribution >= 0.6 is 0 Å². The predicted octanol–water partition coefficient (Wildman–Crippen LogP) is 2.02. The van der Waals surface area contributed by atoms with Crippen LogP contribution in [0.25, 0.3) is 5.69 Å². The van der Waals surface area contributed by atoms with Crippen LogP contribution in [0.2, 0.25) is 0 Å². The summed E-state index contributed by atoms with van der Waals surface area (Å²) in [6.07, 6.45) is 2.04. The molecule has 0 radical (unpaired) electrons. The molecule has 0 bridgehead atoms. The molecule has 0 spiro atoms. The van der Waals surface area contributed by atoms with Crippen molar-refractivity contribution in [3.63, 3.8) is 0 Å². The van der Waals surface area contributed by atoms with Crippen molar-refractivity contribution in [1.29, 1.82) is 0 Å². The minimum Gasteiger partial charge on any atom is -0.497 e. The molecule has 0 aliphatic rings. The van der Waals surface area contributed by atoms with Crippen LogP contribution in [0.1, 0.15) is 30.8 Å². The van der Waals surface area contributed by atoms with Crippen molar-refractivity contribution in [2.24, 2.45) is 5.92 Å². The smallest absolute Gasteiger partial charge is 0.271 e. The highest BCUT2D eigenvalue weighted by Crippen LogP contribution is 2.14. The number of benzene rings is 1. The molecule has 1 heterocycles. The number of rotatable bonds is 7. The van der Waals surface area contributed by atoms with E-state index in [0.29, 0.717) is 5.69 Å². The molecule has 2 rings (SSSR count). The number of carbonyl (C=O) groups is 1. The molecule has 1 aromatic heterocycles. The Bertz CT molecular complexity index is 637. The van der Waals surface area contributed by atoms with E-state index in [1.165, 1.54) is 0 Å². The molecule has 6 heteroatoms. The Hall–Kier alpha value is -2.34. The average Bonchev–Trinajstić information content (AvgIpc) is 3.08. The Morgan fingerprint density at radius 3 is 2.65 bits per heavy atom. The van der Waals surface area contributed by atoms with Crippen molar-refractivity contribution >= 4 is 5.91 Å². The highest BCUT2D eigenvalue weighted by Gasteiger charge is 2.15. The molecule has 0 aliphatic carbocycles. The third kappa shape index (κ3) is 4.32. The molecule has 23 heavy (non-hydrogen) atoms. The minimum atomic E-state index is -0.548. The molecule has 1 amide bonds. The topological polar surface area (TPSA) is 76.4 Å². The van der Waals surface area contributed by atoms with Crippen LogP contribution in [0.5, 0.6) is 5.75 Å². The van der Waals surface area contributed by atoms with Crippen molar-refractivity contribution in [2.75, 3.05) is 13.7 Å². The normalized spacial score (nSPS) is 13.4. The third-order valence-corrected chi connectivity index (χ3v) is 3.93. The van der Waals surface area contributed by atoms with Gasteiger partial charge in [-0.2, -0.15) is 5.10 Å². The quantitative estimate of drug-likeness (QED) is 0.819. The number of nitrogens with one attached hydrogen (secondary N) is 1. The molecule has 2 aromatic rings. The highest BCUT2D eigenvalue weighted by atomic mass is 16.5. The number of amides is 1. The summed E-state index contributed by atoms with van der Waals surface area (Å²) in [4.78, 5) is 12.1. The van der Waals surface area contributed by atoms with Gasteiger partial charge in [0.1, 0.15) is 5.75 Å². The van der Waals surface area contributed by atoms with Gasteiger partial charge in [-0.3, -0.25) is 4.79 Å². The van der Waals surface area contributed by atoms with E-state index in [1.807, 2.05) is 38.1 Å². The summed E-state index contributed by atoms with van der Waals surface area (Å²) in [6, 6.07) is 9.04. The Kier molecular flexibility index (Phi) is 5.76. The van der Waals surface area contributed by atoms with Crippen LogP contribution < -0.4 is 10.1 Å². The average molecular weight is 317 g/mol. The summed E-state index contributed by atoms with van der Waals surface area (Å²) in [7, 11) is 1.61. The Balaban J connectivity index is 1.99. The second-order valence-corrected chi connectivity index (χ2v) is 5.51. The van der Waals surface area contributed by atoms with Gasteiger partial charge in [-0.05, 0) is 36.2 Å². The van der Waals surface area contributed by atoms with E-state index in [0.717, 1.165) is 17.9 Å². The lowest BCUT2D eigenvalue weighted by Gasteiger charge is -2.17. The third-order valence-electron chi connectivity index (χ3n) is 3.93. The Morgan fingerprint density at radius 1 is 1.35 bits per heavy atom. The van der Waals surface area contributed by atoms with Gasteiger partial charge in [-0.25, -0.2) is 4.68 Å². The zero-order valence-electron chi connectivity index (χ0n) is 13.7. The fraction of sp³-hybridized carbons (Fsp3) is 0.412. The zero-order valence-corrected chi connectivity index (χ0v) is 13.7. The number of nitrogens with zero attached hydrogens (tertiary/aromatic N) is 2. The predicted molar refractivity (Wildman–Crippen MR) is 87.9 cm³/mol. The lowest BCUT2D eigenvalue weighted by atomic mass is 10.0. The monoisotopic (exact) mass is 317 g/mol. The van der Waals surface area contributed by atoms with Gasteiger partial charge < -0.3 is 15.2 Å². The molecule has 2 unspecified atom stereocenters. The maximum Gasteiger partial charge on any atom is 0.271 e. The number of methoxy groups -OCH3 is 1. The van der Waals surface area contributed by atoms with E-state index in [-0.39, 0.29) is 18.4 Å². The Morgan fingerprint density at radius 2 is 2.04 bits per heavy atom. The first-order valence-corrected chi connectivity index (χ1v) is 7.71. The maximum absolute atomic E-state index is 12.1. The van der Waals surface area contributed by atoms with E-state index in [4.69, 9.17) is 4.74 Å². The minimum absolute atomic E-state index is 0.146. The summed E-state index contributed by atoms with van der Waals surface area (Å²) >= 11 is 0. The number of aromatic nitrogens is 2. The summed E-state index contributed by atoms with van der Waals surface area (Å²) in [5, 5.41) is 16.9. The maximum atomic E-state index is 12.1. The molecule has 1 aromatic carbocycles. The first kappa shape index (κ1) is 17.0. The highest BCUT2D eigenvalue weighted by molar-refractivity contribution is 5.92. The summed E-state index contributed by atoms with van der Waals surface area (Å²) in [5.74, 6) is 0.615. The van der Waals surface area contributed by atoms with Crippen molar-refractivity contribution in [3.05, 3.63) is 42.2 Å². The largest absolute Gasteiger partial charge is 0.497 e. The van der Waals surface area contributed by atoms with Gasteiger partial charge in [0.05, 0.1) is 18.9 Å². The van der Waals surface area contributed by atoms with E-state index < -0.39 is 6.10 Å². The number of ether oxygens (including phenoxy) is 1. The number of hydrogen-bond acceptors (Lipinski definition) is 4. The van der Waals surface area contributed by atoms with Gasteiger partial charge in [0.2, 0.25) is 0 Å². The van der Waals surface area contributed by atoms with Crippen molar-refractivity contribution in [1.82, 2.24) is 15.1 Å². The Labute approximate surface area is 136 Å². The summed E-state index contributed by atoms with van der Waals surface area (Å²) in [6.45, 7) is 4.19. The second-order valence-electron chi connectivity index (χ2n) is 5.51. The van der Waals surface area contributed by atoms with Crippen LogP contribution in [-0.2, 0) is 0 Å². The lowest BCUT2D eigenvalue weighted by molar-refractivity contribution is 0.0845. The van der Waals surface area contributed by atoms with Gasteiger partial charge >= 0.3 is 0 Å². The van der Waals surface area contributed by atoms with E-state index >= 15 is 0 Å². The van der Waals surface area contributed by atoms with Gasteiger partial charge in [-0.15, -0.1) is 0 Å². The van der Waals surface area contributed by atoms with E-state index in [1.54, 1.807) is 24.1 Å². The van der Waals surface area contributed by atoms with Crippen LogP contribution in [0.4, 0.5) is 0 Å². The molecule has 0 aliphatic heterocycles. The fourth-order valence-electron chi connectivity index (χ4n) is 2.08. The van der Waals surface area contributed by atoms with Crippen LogP contribution in [-0.4, -0.2) is 40.6 Å². The number of aliphatic hydroxyl groups excluding tert-OH is 1. The van der Waals surface area contributed by atoms with Gasteiger partial charge in [-0.1, -0.05) is 20.3 Å². The van der Waals surface area contributed by atoms with Gasteiger partial charge in [0, 0.05) is 12.7 Å². The molecule has 0 saturated heterocycles. The van der Waals surface area contributed by atoms with E-state index in [9.17, 15) is 9.90 Å². The number of carbonyl (C=O) groups excluding carboxylic acids is 1. The first-order valence-electron chi connectivity index (χ1n) is 7.71. The number of hydrogen-bond donors (Lipinski definition) is 2. The van der Waals surface area contributed by atoms with Crippen LogP contribution in [0.3, 0.4) is 0 Å². The van der Waals surface area contributed by atoms with Gasteiger partial charge in [0.25, 0.3) is 5.91 Å². The fourth-order valence-corrected chi connectivity index (χ4v) is 2.08. The molecule has 2 atom stereocenters. The molecule has 0 saturated carbocycles. The lowest BCUT2D eigenvalue weighted by Crippen LogP contribution is -2.35. The van der Waals surface area contributed by atoms with Gasteiger partial charge in [0.15, 0.2) is 5.69 Å². The standard InChI is InChI=1S/C17H23N3O3/c1-4-12(2)16(21)11-18-17(22)15-9-10-20(19-15)13-5-7-14(23-3)8-6-13/h5-10,12,16,21H,4,11H2,1-3H3,(H,18,22). The van der Waals surface area contributed by atoms with Crippen molar-refractivity contribution in [2.45, 2.75) is 26.4 Å². The number of aliphatic hydroxyl groups is 1. The second kappa shape index (κ2) is 7.78. The van der Waals surface area contributed by atoms with Crippen LogP contribution in [0, 0.1) is 5.92 Å². The molecule has 2 N–H and O–H groups in total. The molecule has 0 fully saturated rings. The summed E-state index contributed by atoms with van der Waals surface area (Å²) in [5.41, 5.74) is 1.15. The van der Waals surface area contributed by atoms with E-state index in [2.05, 4.69) is 10.4 Å². The zero-order chi connectivity index (χ0) is 16.8. The van der Waals surface area contributed by atoms with Crippen molar-refractivity contribution < 1.29 is 14.6 Å².